The molecule has 2 rings (SSSR count). The van der Waals surface area contributed by atoms with Crippen molar-refractivity contribution in [3.8, 4) is 0 Å². The number of nitrogens with one attached hydrogen (secondary N) is 2. The molecule has 0 saturated carbocycles. The van der Waals surface area contributed by atoms with E-state index in [9.17, 15) is 9.18 Å². The topological polar surface area (TPSA) is 41.1 Å². The van der Waals surface area contributed by atoms with Crippen LogP contribution in [0.5, 0.6) is 0 Å². The smallest absolute Gasteiger partial charge is 0.227 e. The van der Waals surface area contributed by atoms with Gasteiger partial charge in [-0.25, -0.2) is 4.39 Å². The Kier molecular flexibility index (Phi) is 4.42. The van der Waals surface area contributed by atoms with Gasteiger partial charge in [0.1, 0.15) is 5.82 Å². The van der Waals surface area contributed by atoms with Gasteiger partial charge in [0.05, 0.1) is 10.4 Å². The molecule has 1 amide bonds. The van der Waals surface area contributed by atoms with E-state index >= 15 is 0 Å². The monoisotopic (exact) mass is 284 g/mol. The van der Waals surface area contributed by atoms with Crippen LogP contribution in [0, 0.1) is 11.2 Å². The number of benzene rings is 1. The van der Waals surface area contributed by atoms with Crippen molar-refractivity contribution in [3.05, 3.63) is 34.6 Å². The summed E-state index contributed by atoms with van der Waals surface area (Å²) in [5.41, 5.74) is 0.439. The van der Waals surface area contributed by atoms with E-state index in [1.807, 2.05) is 6.92 Å². The van der Waals surface area contributed by atoms with Crippen LogP contribution in [0.15, 0.2) is 18.2 Å². The van der Waals surface area contributed by atoms with Gasteiger partial charge in [0.25, 0.3) is 0 Å². The van der Waals surface area contributed by atoms with Gasteiger partial charge in [-0.15, -0.1) is 0 Å². The van der Waals surface area contributed by atoms with Gasteiger partial charge in [-0.1, -0.05) is 17.7 Å². The zero-order valence-corrected chi connectivity index (χ0v) is 11.7. The lowest BCUT2D eigenvalue weighted by Gasteiger charge is -2.32. The van der Waals surface area contributed by atoms with E-state index in [1.165, 1.54) is 6.07 Å². The minimum absolute atomic E-state index is 0.0279. The van der Waals surface area contributed by atoms with E-state index in [-0.39, 0.29) is 16.3 Å². The maximum atomic E-state index is 13.0. The van der Waals surface area contributed by atoms with Gasteiger partial charge in [0, 0.05) is 13.1 Å². The first kappa shape index (κ1) is 14.3. The fourth-order valence-corrected chi connectivity index (χ4v) is 2.50. The molecule has 1 aromatic carbocycles. The summed E-state index contributed by atoms with van der Waals surface area (Å²) in [6, 6.07) is 4.48. The standard InChI is InChI=1S/C14H18ClFN2O/c1-14(5-2-6-17-9-14)13(19)18-8-10-3-4-12(16)11(15)7-10/h3-4,7,17H,2,5-6,8-9H2,1H3,(H,18,19). The Morgan fingerprint density at radius 1 is 1.58 bits per heavy atom. The van der Waals surface area contributed by atoms with Crippen molar-refractivity contribution < 1.29 is 9.18 Å². The molecule has 5 heteroatoms. The van der Waals surface area contributed by atoms with Crippen molar-refractivity contribution >= 4 is 17.5 Å². The zero-order chi connectivity index (χ0) is 13.9. The summed E-state index contributed by atoms with van der Waals surface area (Å²) in [5.74, 6) is -0.416. The highest BCUT2D eigenvalue weighted by Crippen LogP contribution is 2.25. The van der Waals surface area contributed by atoms with E-state index in [0.29, 0.717) is 13.1 Å². The van der Waals surface area contributed by atoms with E-state index in [2.05, 4.69) is 10.6 Å². The quantitative estimate of drug-likeness (QED) is 0.895. The number of rotatable bonds is 3. The van der Waals surface area contributed by atoms with Gasteiger partial charge in [-0.2, -0.15) is 0 Å². The van der Waals surface area contributed by atoms with Gasteiger partial charge >= 0.3 is 0 Å². The molecule has 1 unspecified atom stereocenters. The van der Waals surface area contributed by atoms with E-state index in [1.54, 1.807) is 12.1 Å². The van der Waals surface area contributed by atoms with Gasteiger partial charge in [0.15, 0.2) is 0 Å². The minimum Gasteiger partial charge on any atom is -0.352 e. The van der Waals surface area contributed by atoms with Gasteiger partial charge in [0.2, 0.25) is 5.91 Å². The Balaban J connectivity index is 1.94. The molecule has 0 spiro atoms. The van der Waals surface area contributed by atoms with Crippen LogP contribution in [0.4, 0.5) is 4.39 Å². The summed E-state index contributed by atoms with van der Waals surface area (Å²) in [6.45, 7) is 4.00. The van der Waals surface area contributed by atoms with Crippen LogP contribution >= 0.6 is 11.6 Å². The first-order valence-corrected chi connectivity index (χ1v) is 6.82. The molecule has 0 bridgehead atoms. The Bertz CT molecular complexity index is 473. The minimum atomic E-state index is -0.444. The van der Waals surface area contributed by atoms with Crippen LogP contribution in [0.1, 0.15) is 25.3 Å². The molecule has 1 fully saturated rings. The predicted octanol–water partition coefficient (Wildman–Crippen LogP) is 2.49. The van der Waals surface area contributed by atoms with Crippen LogP contribution in [0.3, 0.4) is 0 Å². The third-order valence-corrected chi connectivity index (χ3v) is 3.87. The summed E-state index contributed by atoms with van der Waals surface area (Å²) in [4.78, 5) is 12.2. The summed E-state index contributed by atoms with van der Waals surface area (Å²) < 4.78 is 13.0. The maximum Gasteiger partial charge on any atom is 0.227 e. The highest BCUT2D eigenvalue weighted by atomic mass is 35.5. The fraction of sp³-hybridized carbons (Fsp3) is 0.500. The first-order chi connectivity index (χ1) is 9.01. The van der Waals surface area contributed by atoms with E-state index < -0.39 is 5.82 Å². The molecular weight excluding hydrogens is 267 g/mol. The lowest BCUT2D eigenvalue weighted by atomic mass is 9.82. The normalized spacial score (nSPS) is 23.1. The number of carbonyl (C=O) groups is 1. The average molecular weight is 285 g/mol. The number of hydrogen-bond acceptors (Lipinski definition) is 2. The molecule has 1 aliphatic rings. The lowest BCUT2D eigenvalue weighted by molar-refractivity contribution is -0.131. The Morgan fingerprint density at radius 2 is 2.37 bits per heavy atom. The SMILES string of the molecule is CC1(C(=O)NCc2ccc(F)c(Cl)c2)CCCNC1. The molecule has 3 nitrogen and oxygen atoms in total. The van der Waals surface area contributed by atoms with Gasteiger partial charge < -0.3 is 10.6 Å². The molecule has 0 aromatic heterocycles. The van der Waals surface area contributed by atoms with Gasteiger partial charge in [-0.05, 0) is 44.0 Å². The molecule has 19 heavy (non-hydrogen) atoms. The second kappa shape index (κ2) is 5.88. The lowest BCUT2D eigenvalue weighted by Crippen LogP contribution is -2.48. The molecular formula is C14H18ClFN2O. The summed E-state index contributed by atoms with van der Waals surface area (Å²) in [6.07, 6.45) is 1.89. The van der Waals surface area contributed by atoms with Crippen LogP contribution in [0.2, 0.25) is 5.02 Å². The molecule has 104 valence electrons. The predicted molar refractivity (Wildman–Crippen MR) is 73.5 cm³/mol. The van der Waals surface area contributed by atoms with E-state index in [4.69, 9.17) is 11.6 Å². The number of hydrogen-bond donors (Lipinski definition) is 2. The van der Waals surface area contributed by atoms with Crippen molar-refractivity contribution in [1.29, 1.82) is 0 Å². The summed E-state index contributed by atoms with van der Waals surface area (Å²) in [7, 11) is 0. The first-order valence-electron chi connectivity index (χ1n) is 6.44. The number of piperidine rings is 1. The highest BCUT2D eigenvalue weighted by molar-refractivity contribution is 6.30. The highest BCUT2D eigenvalue weighted by Gasteiger charge is 2.34. The Labute approximate surface area is 117 Å². The average Bonchev–Trinajstić information content (AvgIpc) is 2.40. The molecule has 1 aromatic rings. The van der Waals surface area contributed by atoms with Crippen molar-refractivity contribution in [3.63, 3.8) is 0 Å². The summed E-state index contributed by atoms with van der Waals surface area (Å²) in [5, 5.41) is 6.22. The molecule has 1 saturated heterocycles. The fourth-order valence-electron chi connectivity index (χ4n) is 2.30. The third-order valence-electron chi connectivity index (χ3n) is 3.58. The molecule has 0 aliphatic carbocycles. The number of carbonyl (C=O) groups excluding carboxylic acids is 1. The molecule has 1 aliphatic heterocycles. The Morgan fingerprint density at radius 3 is 3.00 bits per heavy atom. The van der Waals surface area contributed by atoms with Crippen molar-refractivity contribution in [2.75, 3.05) is 13.1 Å². The third kappa shape index (κ3) is 3.45. The molecule has 1 heterocycles. The van der Waals surface area contributed by atoms with Crippen LogP contribution in [-0.4, -0.2) is 19.0 Å². The zero-order valence-electron chi connectivity index (χ0n) is 10.9. The van der Waals surface area contributed by atoms with Crippen molar-refractivity contribution in [1.82, 2.24) is 10.6 Å². The second-order valence-corrected chi connectivity index (χ2v) is 5.68. The van der Waals surface area contributed by atoms with Crippen LogP contribution in [0.25, 0.3) is 0 Å². The molecule has 2 N–H and O–H groups in total. The largest absolute Gasteiger partial charge is 0.352 e. The van der Waals surface area contributed by atoms with Crippen LogP contribution in [-0.2, 0) is 11.3 Å². The second-order valence-electron chi connectivity index (χ2n) is 5.27. The maximum absolute atomic E-state index is 13.0. The van der Waals surface area contributed by atoms with Gasteiger partial charge in [-0.3, -0.25) is 4.79 Å². The van der Waals surface area contributed by atoms with Crippen LogP contribution < -0.4 is 10.6 Å². The van der Waals surface area contributed by atoms with E-state index in [0.717, 1.165) is 24.9 Å². The van der Waals surface area contributed by atoms with Crippen molar-refractivity contribution in [2.45, 2.75) is 26.3 Å². The van der Waals surface area contributed by atoms with Crippen molar-refractivity contribution in [2.24, 2.45) is 5.41 Å². The molecule has 0 radical (unpaired) electrons. The summed E-state index contributed by atoms with van der Waals surface area (Å²) >= 11 is 5.71. The molecule has 1 atom stereocenters. The number of halogens is 2. The Hall–Kier alpha value is -1.13. The number of amides is 1.